The molecule has 4 aliphatic rings. The van der Waals surface area contributed by atoms with Gasteiger partial charge >= 0.3 is 0 Å². The van der Waals surface area contributed by atoms with Crippen molar-refractivity contribution in [2.75, 3.05) is 6.61 Å². The molecule has 8 atom stereocenters. The highest BCUT2D eigenvalue weighted by Gasteiger charge is 2.75. The molecule has 1 spiro atoms. The van der Waals surface area contributed by atoms with Gasteiger partial charge in [0.2, 0.25) is 0 Å². The number of rotatable bonds is 5. The Hall–Kier alpha value is -2.48. The minimum Gasteiger partial charge on any atom is -0.478 e. The maximum absolute atomic E-state index is 14.4. The Bertz CT molecular complexity index is 1190. The summed E-state index contributed by atoms with van der Waals surface area (Å²) in [7, 11) is 0. The van der Waals surface area contributed by atoms with Crippen LogP contribution in [-0.2, 0) is 9.59 Å². The number of aliphatic hydroxyl groups excluding tert-OH is 2. The summed E-state index contributed by atoms with van der Waals surface area (Å²) in [4.78, 5) is 28.0. The second kappa shape index (κ2) is 8.26. The normalized spacial score (nSPS) is 39.9. The van der Waals surface area contributed by atoms with Gasteiger partial charge in [-0.05, 0) is 68.1 Å². The van der Waals surface area contributed by atoms with Gasteiger partial charge in [0.1, 0.15) is 17.5 Å². The summed E-state index contributed by atoms with van der Waals surface area (Å²) in [5, 5.41) is 37.4. The quantitative estimate of drug-likeness (QED) is 0.454. The molecular formula is C30H39NO6. The number of para-hydroxylation sites is 1. The summed E-state index contributed by atoms with van der Waals surface area (Å²) >= 11 is 0. The topological polar surface area (TPSA) is 116 Å². The van der Waals surface area contributed by atoms with E-state index in [0.29, 0.717) is 17.2 Å². The molecule has 0 radical (unpaired) electrons. The molecule has 0 unspecified atom stereocenters. The fourth-order valence-electron chi connectivity index (χ4n) is 7.81. The molecule has 200 valence electrons. The third-order valence-corrected chi connectivity index (χ3v) is 9.92. The monoisotopic (exact) mass is 509 g/mol. The van der Waals surface area contributed by atoms with Crippen molar-refractivity contribution in [3.63, 3.8) is 0 Å². The number of ketones is 1. The van der Waals surface area contributed by atoms with Crippen molar-refractivity contribution >= 4 is 11.7 Å². The molecule has 2 fully saturated rings. The van der Waals surface area contributed by atoms with Crippen LogP contribution in [0.2, 0.25) is 0 Å². The molecule has 4 aliphatic carbocycles. The number of aliphatic hydroxyl groups is 3. The van der Waals surface area contributed by atoms with E-state index >= 15 is 0 Å². The first-order chi connectivity index (χ1) is 17.2. The number of hydrogen-bond donors (Lipinski definition) is 4. The number of Topliss-reactive ketones (excluding diaryl/α,β-unsaturated/α-hetero) is 1. The SMILES string of the molecule is CC1=C[C@]23C(=O)[C@@H](C=C(CO)[C@@H](O)[C@]2(O)[C@H]1NC(=O)C(C)(C)Oc1ccccc1)[C@H]1[C@@H](C[C@H]3C)C1(C)C. The van der Waals surface area contributed by atoms with Gasteiger partial charge in [0.05, 0.1) is 18.1 Å². The molecule has 0 heterocycles. The van der Waals surface area contributed by atoms with Crippen LogP contribution in [-0.4, -0.2) is 57.0 Å². The molecule has 1 aromatic carbocycles. The van der Waals surface area contributed by atoms with E-state index in [0.717, 1.165) is 6.42 Å². The van der Waals surface area contributed by atoms with Crippen LogP contribution in [0.4, 0.5) is 0 Å². The Morgan fingerprint density at radius 3 is 2.49 bits per heavy atom. The van der Waals surface area contributed by atoms with Crippen LogP contribution < -0.4 is 10.1 Å². The standard InChI is InChI=1S/C30H39NO6/c1-16-14-29-17(2)12-21-22(27(21,3)4)20(25(29)34)13-18(15-32)24(33)30(29,36)23(16)31-26(35)28(5,6)37-19-10-8-7-9-11-19/h7-11,13-14,17,20-24,32-33,36H,12,15H2,1-6H3,(H,31,35)/t17-,20+,21-,22+,23+,24-,29+,30-/m1/s1. The minimum absolute atomic E-state index is 0.0372. The fraction of sp³-hybridized carbons (Fsp3) is 0.600. The van der Waals surface area contributed by atoms with Gasteiger partial charge in [0, 0.05) is 5.92 Å². The van der Waals surface area contributed by atoms with Crippen LogP contribution >= 0.6 is 0 Å². The molecule has 2 bridgehead atoms. The fourth-order valence-corrected chi connectivity index (χ4v) is 7.81. The molecule has 2 saturated carbocycles. The predicted molar refractivity (Wildman–Crippen MR) is 138 cm³/mol. The third-order valence-electron chi connectivity index (χ3n) is 9.92. The Morgan fingerprint density at radius 1 is 1.22 bits per heavy atom. The summed E-state index contributed by atoms with van der Waals surface area (Å²) in [6, 6.07) is 7.94. The van der Waals surface area contributed by atoms with Crippen LogP contribution in [0.5, 0.6) is 5.75 Å². The van der Waals surface area contributed by atoms with Crippen LogP contribution in [0.1, 0.15) is 48.0 Å². The lowest BCUT2D eigenvalue weighted by Gasteiger charge is -2.49. The molecule has 0 aliphatic heterocycles. The summed E-state index contributed by atoms with van der Waals surface area (Å²) in [6.45, 7) is 10.8. The third kappa shape index (κ3) is 3.43. The van der Waals surface area contributed by atoms with Crippen molar-refractivity contribution in [3.05, 3.63) is 53.6 Å². The summed E-state index contributed by atoms with van der Waals surface area (Å²) in [6.07, 6.45) is 2.67. The number of hydrogen-bond acceptors (Lipinski definition) is 6. The number of ether oxygens (including phenoxy) is 1. The average molecular weight is 510 g/mol. The van der Waals surface area contributed by atoms with E-state index in [1.54, 1.807) is 45.1 Å². The Kier molecular flexibility index (Phi) is 5.83. The van der Waals surface area contributed by atoms with Crippen molar-refractivity contribution in [1.82, 2.24) is 5.32 Å². The molecule has 1 aromatic rings. The molecular weight excluding hydrogens is 470 g/mol. The zero-order chi connectivity index (χ0) is 27.1. The number of amides is 1. The van der Waals surface area contributed by atoms with Crippen LogP contribution in [0.3, 0.4) is 0 Å². The molecule has 0 aromatic heterocycles. The first-order valence-electron chi connectivity index (χ1n) is 13.2. The van der Waals surface area contributed by atoms with Gasteiger partial charge in [-0.15, -0.1) is 0 Å². The minimum atomic E-state index is -2.06. The van der Waals surface area contributed by atoms with E-state index in [1.807, 2.05) is 25.1 Å². The van der Waals surface area contributed by atoms with Gasteiger partial charge < -0.3 is 25.4 Å². The maximum atomic E-state index is 14.4. The highest BCUT2D eigenvalue weighted by Crippen LogP contribution is 2.71. The van der Waals surface area contributed by atoms with Gasteiger partial charge in [0.15, 0.2) is 11.4 Å². The first kappa shape index (κ1) is 26.1. The van der Waals surface area contributed by atoms with Crippen molar-refractivity contribution in [1.29, 1.82) is 0 Å². The second-order valence-electron chi connectivity index (χ2n) is 12.7. The van der Waals surface area contributed by atoms with Crippen LogP contribution in [0.25, 0.3) is 0 Å². The van der Waals surface area contributed by atoms with E-state index in [1.165, 1.54) is 0 Å². The van der Waals surface area contributed by atoms with Crippen molar-refractivity contribution < 1.29 is 29.6 Å². The lowest BCUT2D eigenvalue weighted by atomic mass is 9.58. The Morgan fingerprint density at radius 2 is 1.86 bits per heavy atom. The Balaban J connectivity index is 1.56. The van der Waals surface area contributed by atoms with Crippen molar-refractivity contribution in [3.8, 4) is 5.75 Å². The van der Waals surface area contributed by atoms with Crippen LogP contribution in [0.15, 0.2) is 53.6 Å². The molecule has 37 heavy (non-hydrogen) atoms. The number of fused-ring (bicyclic) bond motifs is 3. The number of nitrogens with one attached hydrogen (secondary N) is 1. The largest absolute Gasteiger partial charge is 0.478 e. The zero-order valence-electron chi connectivity index (χ0n) is 22.5. The number of carbonyl (C=O) groups excluding carboxylic acids is 2. The van der Waals surface area contributed by atoms with E-state index in [-0.39, 0.29) is 28.6 Å². The highest BCUT2D eigenvalue weighted by molar-refractivity contribution is 5.96. The second-order valence-corrected chi connectivity index (χ2v) is 12.7. The molecule has 7 nitrogen and oxygen atoms in total. The molecule has 4 N–H and O–H groups in total. The van der Waals surface area contributed by atoms with E-state index in [9.17, 15) is 24.9 Å². The van der Waals surface area contributed by atoms with Crippen LogP contribution in [0, 0.1) is 34.5 Å². The van der Waals surface area contributed by atoms with Crippen molar-refractivity contribution in [2.45, 2.75) is 71.3 Å². The summed E-state index contributed by atoms with van der Waals surface area (Å²) in [5.74, 6) is -0.527. The van der Waals surface area contributed by atoms with E-state index < -0.39 is 47.2 Å². The first-order valence-corrected chi connectivity index (χ1v) is 13.2. The van der Waals surface area contributed by atoms with Gasteiger partial charge in [0.25, 0.3) is 5.91 Å². The van der Waals surface area contributed by atoms with Gasteiger partial charge in [-0.2, -0.15) is 0 Å². The summed E-state index contributed by atoms with van der Waals surface area (Å²) in [5.41, 5.74) is -3.97. The molecule has 7 heteroatoms. The zero-order valence-corrected chi connectivity index (χ0v) is 22.5. The Labute approximate surface area is 218 Å². The average Bonchev–Trinajstić information content (AvgIpc) is 3.33. The van der Waals surface area contributed by atoms with E-state index in [2.05, 4.69) is 19.2 Å². The van der Waals surface area contributed by atoms with Gasteiger partial charge in [-0.1, -0.05) is 56.7 Å². The van der Waals surface area contributed by atoms with Crippen molar-refractivity contribution in [2.24, 2.45) is 34.5 Å². The van der Waals surface area contributed by atoms with E-state index in [4.69, 9.17) is 4.74 Å². The lowest BCUT2D eigenvalue weighted by molar-refractivity contribution is -0.173. The predicted octanol–water partition coefficient (Wildman–Crippen LogP) is 2.80. The smallest absolute Gasteiger partial charge is 0.264 e. The number of benzene rings is 1. The molecule has 0 saturated heterocycles. The number of carbonyl (C=O) groups is 2. The molecule has 5 rings (SSSR count). The highest BCUT2D eigenvalue weighted by atomic mass is 16.5. The summed E-state index contributed by atoms with van der Waals surface area (Å²) < 4.78 is 5.96. The number of allylic oxidation sites excluding steroid dienone is 1. The van der Waals surface area contributed by atoms with Gasteiger partial charge in [-0.3, -0.25) is 9.59 Å². The lowest BCUT2D eigenvalue weighted by Crippen LogP contribution is -2.69. The maximum Gasteiger partial charge on any atom is 0.264 e. The molecule has 1 amide bonds. The van der Waals surface area contributed by atoms with Gasteiger partial charge in [-0.25, -0.2) is 0 Å².